The van der Waals surface area contributed by atoms with Crippen LogP contribution in [0.5, 0.6) is 0 Å². The number of hydrogen-bond acceptors (Lipinski definition) is 0. The predicted molar refractivity (Wildman–Crippen MR) is 47.7 cm³/mol. The van der Waals surface area contributed by atoms with E-state index >= 15 is 0 Å². The van der Waals surface area contributed by atoms with Crippen LogP contribution in [0.15, 0.2) is 12.2 Å². The molecule has 6 unspecified atom stereocenters. The number of hydrogen-bond donors (Lipinski definition) is 0. The van der Waals surface area contributed by atoms with Crippen molar-refractivity contribution in [3.63, 3.8) is 0 Å². The fourth-order valence-corrected chi connectivity index (χ4v) is 3.04. The van der Waals surface area contributed by atoms with Crippen molar-refractivity contribution >= 4 is 18.5 Å². The van der Waals surface area contributed by atoms with Gasteiger partial charge in [0, 0.05) is 0 Å². The molecule has 0 radical (unpaired) electrons. The Morgan fingerprint density at radius 3 is 1.67 bits per heavy atom. The maximum absolute atomic E-state index is 2.95. The van der Waals surface area contributed by atoms with Gasteiger partial charge in [-0.1, -0.05) is 12.2 Å². The van der Waals surface area contributed by atoms with Crippen LogP contribution in [0.3, 0.4) is 0 Å². The topological polar surface area (TPSA) is 0 Å². The van der Waals surface area contributed by atoms with Gasteiger partial charge in [0.1, 0.15) is 0 Å². The first-order chi connectivity index (χ1) is 4.29. The molecular weight excluding hydrogens is 146 g/mol. The Balaban J connectivity index is 2.26. The van der Waals surface area contributed by atoms with Crippen LogP contribution in [-0.4, -0.2) is 11.3 Å². The third-order valence-corrected chi connectivity index (χ3v) is 4.91. The third kappa shape index (κ3) is 0.803. The van der Waals surface area contributed by atoms with Gasteiger partial charge in [-0.05, 0) is 29.6 Å². The Morgan fingerprint density at radius 2 is 1.44 bits per heavy atom. The van der Waals surface area contributed by atoms with Crippen LogP contribution in [-0.2, 0) is 0 Å². The Bertz CT molecular complexity index is 137. The molecule has 0 aromatic carbocycles. The van der Waals surface area contributed by atoms with E-state index in [4.69, 9.17) is 0 Å². The molecule has 2 aliphatic rings. The molecule has 0 nitrogen and oxygen atoms in total. The van der Waals surface area contributed by atoms with E-state index in [2.05, 4.69) is 30.6 Å². The summed E-state index contributed by atoms with van der Waals surface area (Å²) in [7, 11) is 5.91. The Morgan fingerprint density at radius 1 is 1.00 bits per heavy atom. The summed E-state index contributed by atoms with van der Waals surface area (Å²) in [6, 6.07) is 0. The maximum atomic E-state index is 2.95. The molecule has 1 fully saturated rings. The van der Waals surface area contributed by atoms with Gasteiger partial charge in [-0.2, -0.15) is 0 Å². The van der Waals surface area contributed by atoms with Crippen LogP contribution >= 0.6 is 18.5 Å². The standard InChI is InChI=1S/C7H12P2/c8-6-4-1-2-5(3-4)7(6)9/h1-2,4-7H,3,8-9H2. The van der Waals surface area contributed by atoms with Crippen molar-refractivity contribution in [1.82, 2.24) is 0 Å². The monoisotopic (exact) mass is 158 g/mol. The molecule has 9 heavy (non-hydrogen) atoms. The molecular formula is C7H12P2. The molecule has 0 spiro atoms. The van der Waals surface area contributed by atoms with E-state index in [0.29, 0.717) is 0 Å². The van der Waals surface area contributed by atoms with Crippen molar-refractivity contribution in [3.8, 4) is 0 Å². The Labute approximate surface area is 60.9 Å². The second kappa shape index (κ2) is 2.04. The first kappa shape index (κ1) is 6.32. The van der Waals surface area contributed by atoms with Crippen LogP contribution in [0.1, 0.15) is 6.42 Å². The minimum Gasteiger partial charge on any atom is -0.133 e. The van der Waals surface area contributed by atoms with Crippen molar-refractivity contribution < 1.29 is 0 Å². The molecule has 0 amide bonds. The highest BCUT2D eigenvalue weighted by atomic mass is 31.0. The van der Waals surface area contributed by atoms with Gasteiger partial charge in [-0.15, -0.1) is 18.5 Å². The lowest BCUT2D eigenvalue weighted by Gasteiger charge is -2.19. The van der Waals surface area contributed by atoms with Crippen molar-refractivity contribution in [1.29, 1.82) is 0 Å². The first-order valence-corrected chi connectivity index (χ1v) is 4.82. The van der Waals surface area contributed by atoms with Crippen molar-refractivity contribution in [2.45, 2.75) is 17.7 Å². The average molecular weight is 158 g/mol. The van der Waals surface area contributed by atoms with E-state index < -0.39 is 0 Å². The van der Waals surface area contributed by atoms with Gasteiger partial charge in [0.05, 0.1) is 0 Å². The Hall–Kier alpha value is 0.600. The third-order valence-electron chi connectivity index (χ3n) is 2.58. The second-order valence-electron chi connectivity index (χ2n) is 3.10. The molecule has 0 aromatic heterocycles. The molecule has 6 atom stereocenters. The number of fused-ring (bicyclic) bond motifs is 2. The molecule has 2 bridgehead atoms. The minimum atomic E-state index is 0.838. The van der Waals surface area contributed by atoms with Crippen molar-refractivity contribution in [2.75, 3.05) is 0 Å². The van der Waals surface area contributed by atoms with Crippen molar-refractivity contribution in [3.05, 3.63) is 12.2 Å². The molecule has 2 rings (SSSR count). The lowest BCUT2D eigenvalue weighted by atomic mass is 10.1. The summed E-state index contributed by atoms with van der Waals surface area (Å²) in [6.07, 6.45) is 6.16. The van der Waals surface area contributed by atoms with E-state index in [1.807, 2.05) is 0 Å². The number of rotatable bonds is 0. The summed E-state index contributed by atoms with van der Waals surface area (Å²) >= 11 is 0. The SMILES string of the molecule is PC1C2C=CC(C2)C1P. The van der Waals surface area contributed by atoms with Gasteiger partial charge < -0.3 is 0 Å². The zero-order chi connectivity index (χ0) is 6.43. The van der Waals surface area contributed by atoms with Gasteiger partial charge in [0.15, 0.2) is 0 Å². The fraction of sp³-hybridized carbons (Fsp3) is 0.714. The average Bonchev–Trinajstić information content (AvgIpc) is 2.37. The summed E-state index contributed by atoms with van der Waals surface area (Å²) in [5.41, 5.74) is 1.68. The molecule has 1 saturated carbocycles. The lowest BCUT2D eigenvalue weighted by Crippen LogP contribution is -2.17. The molecule has 50 valence electrons. The van der Waals surface area contributed by atoms with Gasteiger partial charge >= 0.3 is 0 Å². The minimum absolute atomic E-state index is 0.838. The first-order valence-electron chi connectivity index (χ1n) is 3.48. The van der Waals surface area contributed by atoms with Crippen LogP contribution in [0.2, 0.25) is 0 Å². The van der Waals surface area contributed by atoms with E-state index in [-0.39, 0.29) is 0 Å². The highest BCUT2D eigenvalue weighted by Crippen LogP contribution is 2.46. The summed E-state index contributed by atoms with van der Waals surface area (Å²) in [5, 5.41) is 0. The normalized spacial score (nSPS) is 54.9. The van der Waals surface area contributed by atoms with Gasteiger partial charge in [0.2, 0.25) is 0 Å². The van der Waals surface area contributed by atoms with Crippen LogP contribution < -0.4 is 0 Å². The molecule has 0 aromatic rings. The zero-order valence-electron chi connectivity index (χ0n) is 5.33. The van der Waals surface area contributed by atoms with E-state index in [1.165, 1.54) is 6.42 Å². The fourth-order valence-electron chi connectivity index (χ4n) is 1.90. The van der Waals surface area contributed by atoms with E-state index in [9.17, 15) is 0 Å². The second-order valence-corrected chi connectivity index (χ2v) is 4.64. The highest BCUT2D eigenvalue weighted by molar-refractivity contribution is 7.23. The summed E-state index contributed by atoms with van der Waals surface area (Å²) < 4.78 is 0. The van der Waals surface area contributed by atoms with Crippen LogP contribution in [0.4, 0.5) is 0 Å². The summed E-state index contributed by atoms with van der Waals surface area (Å²) in [6.45, 7) is 0. The lowest BCUT2D eigenvalue weighted by molar-refractivity contribution is 0.696. The Kier molecular flexibility index (Phi) is 1.43. The van der Waals surface area contributed by atoms with Crippen LogP contribution in [0, 0.1) is 11.8 Å². The maximum Gasteiger partial charge on any atom is -0.0133 e. The molecule has 2 heteroatoms. The summed E-state index contributed by atoms with van der Waals surface area (Å²) in [4.78, 5) is 0. The van der Waals surface area contributed by atoms with Crippen molar-refractivity contribution in [2.24, 2.45) is 11.8 Å². The quantitative estimate of drug-likeness (QED) is 0.371. The summed E-state index contributed by atoms with van der Waals surface area (Å²) in [5.74, 6) is 1.75. The van der Waals surface area contributed by atoms with Gasteiger partial charge in [0.25, 0.3) is 0 Å². The van der Waals surface area contributed by atoms with Gasteiger partial charge in [-0.25, -0.2) is 0 Å². The number of allylic oxidation sites excluding steroid dienone is 2. The van der Waals surface area contributed by atoms with Gasteiger partial charge in [-0.3, -0.25) is 0 Å². The molecule has 0 saturated heterocycles. The molecule has 0 aliphatic heterocycles. The smallest absolute Gasteiger partial charge is 0.0133 e. The molecule has 0 N–H and O–H groups in total. The van der Waals surface area contributed by atoms with Crippen LogP contribution in [0.25, 0.3) is 0 Å². The highest BCUT2D eigenvalue weighted by Gasteiger charge is 2.39. The van der Waals surface area contributed by atoms with E-state index in [0.717, 1.165) is 23.2 Å². The largest absolute Gasteiger partial charge is 0.133 e. The zero-order valence-corrected chi connectivity index (χ0v) is 7.64. The van der Waals surface area contributed by atoms with E-state index in [1.54, 1.807) is 0 Å². The predicted octanol–water partition coefficient (Wildman–Crippen LogP) is 1.68. The molecule has 0 heterocycles. The molecule has 2 aliphatic carbocycles.